The molecule has 8 heteroatoms. The highest BCUT2D eigenvalue weighted by Crippen LogP contribution is 2.37. The van der Waals surface area contributed by atoms with Crippen LogP contribution in [0.3, 0.4) is 0 Å². The van der Waals surface area contributed by atoms with Crippen LogP contribution >= 0.6 is 11.3 Å². The molecule has 28 heavy (non-hydrogen) atoms. The smallest absolute Gasteiger partial charge is 0.213 e. The van der Waals surface area contributed by atoms with Crippen LogP contribution in [0.25, 0.3) is 16.4 Å². The summed E-state index contributed by atoms with van der Waals surface area (Å²) in [5.41, 5.74) is 5.09. The second kappa shape index (κ2) is 6.72. The monoisotopic (exact) mass is 390 g/mol. The first kappa shape index (κ1) is 16.9. The van der Waals surface area contributed by atoms with E-state index in [1.807, 2.05) is 53.6 Å². The van der Waals surface area contributed by atoms with Gasteiger partial charge in [-0.1, -0.05) is 0 Å². The van der Waals surface area contributed by atoms with Crippen molar-refractivity contribution in [3.05, 3.63) is 59.5 Å². The summed E-state index contributed by atoms with van der Waals surface area (Å²) in [6.07, 6.45) is 6.52. The fraction of sp³-hybridized carbons (Fsp3) is 0.200. The Morgan fingerprint density at radius 2 is 2.00 bits per heavy atom. The van der Waals surface area contributed by atoms with Crippen LogP contribution in [0.2, 0.25) is 0 Å². The van der Waals surface area contributed by atoms with Crippen molar-refractivity contribution in [2.75, 3.05) is 18.6 Å². The van der Waals surface area contributed by atoms with Crippen molar-refractivity contribution in [2.24, 2.45) is 0 Å². The second-order valence-electron chi connectivity index (χ2n) is 6.47. The summed E-state index contributed by atoms with van der Waals surface area (Å²) in [6, 6.07) is 7.94. The molecule has 4 aromatic heterocycles. The Balaban J connectivity index is 1.53. The Morgan fingerprint density at radius 1 is 1.07 bits per heavy atom. The van der Waals surface area contributed by atoms with Gasteiger partial charge in [-0.3, -0.25) is 0 Å². The molecule has 0 bridgehead atoms. The average molecular weight is 390 g/mol. The summed E-state index contributed by atoms with van der Waals surface area (Å²) in [4.78, 5) is 15.7. The molecule has 140 valence electrons. The van der Waals surface area contributed by atoms with Gasteiger partial charge in [0.2, 0.25) is 5.88 Å². The zero-order valence-electron chi connectivity index (χ0n) is 15.5. The fourth-order valence-electron chi connectivity index (χ4n) is 3.57. The van der Waals surface area contributed by atoms with E-state index in [-0.39, 0.29) is 0 Å². The standard InChI is InChI=1S/C20H18N6OS/c1-13-16(3-4-18(23-13)27-2)25-10-6-14-17(5-8-21-19(14)25)26-11-7-15(24-26)20-22-9-12-28-20/h3-5,7-9,11-12H,6,10H2,1-2H3. The van der Waals surface area contributed by atoms with E-state index in [0.717, 1.165) is 46.6 Å². The lowest BCUT2D eigenvalue weighted by Gasteiger charge is -2.20. The number of fused-ring (bicyclic) bond motifs is 1. The van der Waals surface area contributed by atoms with E-state index in [0.29, 0.717) is 5.88 Å². The first-order valence-corrected chi connectivity index (χ1v) is 9.85. The predicted octanol–water partition coefficient (Wildman–Crippen LogP) is 3.80. The van der Waals surface area contributed by atoms with Crippen molar-refractivity contribution in [1.82, 2.24) is 24.7 Å². The molecule has 0 fully saturated rings. The van der Waals surface area contributed by atoms with Gasteiger partial charge in [-0.05, 0) is 31.5 Å². The third-order valence-electron chi connectivity index (χ3n) is 4.87. The first-order chi connectivity index (χ1) is 13.7. The van der Waals surface area contributed by atoms with E-state index < -0.39 is 0 Å². The first-order valence-electron chi connectivity index (χ1n) is 8.97. The second-order valence-corrected chi connectivity index (χ2v) is 7.37. The van der Waals surface area contributed by atoms with Crippen molar-refractivity contribution in [3.8, 4) is 22.3 Å². The van der Waals surface area contributed by atoms with Crippen LogP contribution in [-0.2, 0) is 6.42 Å². The van der Waals surface area contributed by atoms with Crippen LogP contribution < -0.4 is 9.64 Å². The zero-order chi connectivity index (χ0) is 19.1. The molecule has 5 rings (SSSR count). The van der Waals surface area contributed by atoms with Crippen LogP contribution in [0, 0.1) is 6.92 Å². The average Bonchev–Trinajstić information content (AvgIpc) is 3.46. The SMILES string of the molecule is COc1ccc(N2CCc3c(-n4ccc(-c5nccs5)n4)ccnc32)c(C)n1. The predicted molar refractivity (Wildman–Crippen MR) is 109 cm³/mol. The lowest BCUT2D eigenvalue weighted by atomic mass is 10.2. The van der Waals surface area contributed by atoms with E-state index in [1.54, 1.807) is 24.6 Å². The molecule has 0 spiro atoms. The molecule has 0 saturated heterocycles. The number of thiazole rings is 1. The highest BCUT2D eigenvalue weighted by Gasteiger charge is 2.27. The Labute approximate surface area is 166 Å². The number of hydrogen-bond donors (Lipinski definition) is 0. The van der Waals surface area contributed by atoms with Crippen molar-refractivity contribution < 1.29 is 4.74 Å². The van der Waals surface area contributed by atoms with Crippen LogP contribution in [-0.4, -0.2) is 38.4 Å². The molecule has 0 radical (unpaired) electrons. The molecular weight excluding hydrogens is 372 g/mol. The molecule has 0 atom stereocenters. The summed E-state index contributed by atoms with van der Waals surface area (Å²) in [6.45, 7) is 2.85. The highest BCUT2D eigenvalue weighted by atomic mass is 32.1. The van der Waals surface area contributed by atoms with Gasteiger partial charge in [0.1, 0.15) is 16.5 Å². The molecule has 0 unspecified atom stereocenters. The number of methoxy groups -OCH3 is 1. The fourth-order valence-corrected chi connectivity index (χ4v) is 4.18. The number of hydrogen-bond acceptors (Lipinski definition) is 7. The molecule has 0 saturated carbocycles. The van der Waals surface area contributed by atoms with Gasteiger partial charge in [0.15, 0.2) is 0 Å². The van der Waals surface area contributed by atoms with E-state index >= 15 is 0 Å². The van der Waals surface area contributed by atoms with Gasteiger partial charge in [-0.15, -0.1) is 11.3 Å². The molecule has 4 aromatic rings. The van der Waals surface area contributed by atoms with Gasteiger partial charge in [0.25, 0.3) is 0 Å². The summed E-state index contributed by atoms with van der Waals surface area (Å²) < 4.78 is 7.15. The van der Waals surface area contributed by atoms with Gasteiger partial charge in [-0.25, -0.2) is 19.6 Å². The van der Waals surface area contributed by atoms with Gasteiger partial charge in [0.05, 0.1) is 24.2 Å². The van der Waals surface area contributed by atoms with Crippen molar-refractivity contribution in [1.29, 1.82) is 0 Å². The minimum Gasteiger partial charge on any atom is -0.481 e. The molecule has 7 nitrogen and oxygen atoms in total. The van der Waals surface area contributed by atoms with E-state index in [2.05, 4.69) is 19.9 Å². The van der Waals surface area contributed by atoms with Gasteiger partial charge >= 0.3 is 0 Å². The number of aromatic nitrogens is 5. The van der Waals surface area contributed by atoms with Crippen molar-refractivity contribution in [3.63, 3.8) is 0 Å². The third-order valence-corrected chi connectivity index (χ3v) is 5.66. The number of pyridine rings is 2. The van der Waals surface area contributed by atoms with Crippen LogP contribution in [0.1, 0.15) is 11.3 Å². The number of anilines is 2. The Morgan fingerprint density at radius 3 is 2.79 bits per heavy atom. The van der Waals surface area contributed by atoms with Crippen molar-refractivity contribution in [2.45, 2.75) is 13.3 Å². The van der Waals surface area contributed by atoms with Crippen LogP contribution in [0.5, 0.6) is 5.88 Å². The maximum absolute atomic E-state index is 5.23. The zero-order valence-corrected chi connectivity index (χ0v) is 16.3. The van der Waals surface area contributed by atoms with E-state index in [4.69, 9.17) is 9.84 Å². The lowest BCUT2D eigenvalue weighted by molar-refractivity contribution is 0.397. The molecule has 0 N–H and O–H groups in total. The third kappa shape index (κ3) is 2.73. The summed E-state index contributed by atoms with van der Waals surface area (Å²) in [5.74, 6) is 1.58. The molecule has 0 aromatic carbocycles. The minimum atomic E-state index is 0.619. The number of rotatable bonds is 4. The molecular formula is C20H18N6OS. The van der Waals surface area contributed by atoms with Gasteiger partial charge < -0.3 is 9.64 Å². The quantitative estimate of drug-likeness (QED) is 0.528. The molecule has 1 aliphatic heterocycles. The largest absolute Gasteiger partial charge is 0.481 e. The maximum Gasteiger partial charge on any atom is 0.213 e. The molecule has 5 heterocycles. The Kier molecular flexibility index (Phi) is 4.05. The van der Waals surface area contributed by atoms with E-state index in [9.17, 15) is 0 Å². The number of ether oxygens (including phenoxy) is 1. The van der Waals surface area contributed by atoms with E-state index in [1.165, 1.54) is 5.56 Å². The highest BCUT2D eigenvalue weighted by molar-refractivity contribution is 7.13. The van der Waals surface area contributed by atoms with Crippen LogP contribution in [0.4, 0.5) is 11.5 Å². The Bertz CT molecular complexity index is 1140. The number of nitrogens with zero attached hydrogens (tertiary/aromatic N) is 6. The topological polar surface area (TPSA) is 69.0 Å². The Hall–Kier alpha value is -3.26. The lowest BCUT2D eigenvalue weighted by Crippen LogP contribution is -2.16. The van der Waals surface area contributed by atoms with Crippen LogP contribution in [0.15, 0.2) is 48.2 Å². The van der Waals surface area contributed by atoms with Gasteiger partial charge in [0, 0.05) is 42.1 Å². The summed E-state index contributed by atoms with van der Waals surface area (Å²) in [7, 11) is 1.63. The molecule has 1 aliphatic rings. The summed E-state index contributed by atoms with van der Waals surface area (Å²) in [5, 5.41) is 7.61. The minimum absolute atomic E-state index is 0.619. The molecule has 0 amide bonds. The number of aryl methyl sites for hydroxylation is 1. The van der Waals surface area contributed by atoms with Crippen molar-refractivity contribution >= 4 is 22.8 Å². The maximum atomic E-state index is 5.23. The van der Waals surface area contributed by atoms with Gasteiger partial charge in [-0.2, -0.15) is 5.10 Å². The summed E-state index contributed by atoms with van der Waals surface area (Å²) >= 11 is 1.59. The molecule has 0 aliphatic carbocycles. The normalized spacial score (nSPS) is 13.0.